The molecule has 1 unspecified atom stereocenters. The summed E-state index contributed by atoms with van der Waals surface area (Å²) in [7, 11) is 1.32. The predicted molar refractivity (Wildman–Crippen MR) is 129 cm³/mol. The second-order valence-electron chi connectivity index (χ2n) is 7.90. The Kier molecular flexibility index (Phi) is 10.3. The molecule has 0 fully saturated rings. The second-order valence-corrected chi connectivity index (χ2v) is 7.90. The standard InChI is InChI=1S/C25H33N3O6/c1-5-7-14-26-25(30)21(6-2)27(16-19-11-9-8-10-18(19)3)24(29)17-34-20-12-13-22(28(31)32)23(15-20)33-4/h8-13,15,21H,5-7,14,16-17H2,1-4H3,(H,26,30). The van der Waals surface area contributed by atoms with Crippen LogP contribution in [0.25, 0.3) is 0 Å². The molecular formula is C25H33N3O6. The number of ether oxygens (including phenoxy) is 2. The first-order valence-electron chi connectivity index (χ1n) is 11.4. The molecule has 9 nitrogen and oxygen atoms in total. The van der Waals surface area contributed by atoms with Crippen LogP contribution < -0.4 is 14.8 Å². The van der Waals surface area contributed by atoms with Crippen LogP contribution in [-0.2, 0) is 16.1 Å². The van der Waals surface area contributed by atoms with E-state index < -0.39 is 11.0 Å². The molecular weight excluding hydrogens is 438 g/mol. The van der Waals surface area contributed by atoms with Crippen molar-refractivity contribution >= 4 is 17.5 Å². The quantitative estimate of drug-likeness (QED) is 0.268. The van der Waals surface area contributed by atoms with E-state index in [0.717, 1.165) is 24.0 Å². The fourth-order valence-corrected chi connectivity index (χ4v) is 3.52. The Hall–Kier alpha value is -3.62. The van der Waals surface area contributed by atoms with E-state index in [1.807, 2.05) is 45.0 Å². The SMILES string of the molecule is CCCCNC(=O)C(CC)N(Cc1ccccc1C)C(=O)COc1ccc([N+](=O)[O-])c(OC)c1. The number of carbonyl (C=O) groups excluding carboxylic acids is 2. The average Bonchev–Trinajstić information content (AvgIpc) is 2.83. The minimum absolute atomic E-state index is 0.0356. The van der Waals surface area contributed by atoms with Gasteiger partial charge < -0.3 is 19.7 Å². The van der Waals surface area contributed by atoms with Crippen molar-refractivity contribution in [3.8, 4) is 11.5 Å². The van der Waals surface area contributed by atoms with Gasteiger partial charge in [-0.1, -0.05) is 44.5 Å². The van der Waals surface area contributed by atoms with Gasteiger partial charge in [-0.05, 0) is 37.0 Å². The smallest absolute Gasteiger partial charge is 0.311 e. The summed E-state index contributed by atoms with van der Waals surface area (Å²) in [5.41, 5.74) is 1.76. The van der Waals surface area contributed by atoms with Gasteiger partial charge in [-0.25, -0.2) is 0 Å². The highest BCUT2D eigenvalue weighted by atomic mass is 16.6. The van der Waals surface area contributed by atoms with Crippen LogP contribution in [0.2, 0.25) is 0 Å². The number of nitro benzene ring substituents is 1. The van der Waals surface area contributed by atoms with Crippen molar-refractivity contribution in [1.29, 1.82) is 0 Å². The van der Waals surface area contributed by atoms with Crippen molar-refractivity contribution in [2.24, 2.45) is 0 Å². The van der Waals surface area contributed by atoms with Gasteiger partial charge in [0.15, 0.2) is 6.61 Å². The number of hydrogen-bond acceptors (Lipinski definition) is 6. The fraction of sp³-hybridized carbons (Fsp3) is 0.440. The van der Waals surface area contributed by atoms with E-state index in [4.69, 9.17) is 9.47 Å². The summed E-state index contributed by atoms with van der Waals surface area (Å²) in [5, 5.41) is 14.0. The van der Waals surface area contributed by atoms with Gasteiger partial charge in [0.1, 0.15) is 11.8 Å². The van der Waals surface area contributed by atoms with Gasteiger partial charge in [-0.2, -0.15) is 0 Å². The summed E-state index contributed by atoms with van der Waals surface area (Å²) >= 11 is 0. The molecule has 184 valence electrons. The van der Waals surface area contributed by atoms with Crippen LogP contribution in [0.3, 0.4) is 0 Å². The maximum atomic E-state index is 13.3. The molecule has 2 aromatic rings. The number of rotatable bonds is 13. The van der Waals surface area contributed by atoms with Gasteiger partial charge in [-0.15, -0.1) is 0 Å². The Balaban J connectivity index is 2.23. The average molecular weight is 472 g/mol. The molecule has 0 aliphatic heterocycles. The summed E-state index contributed by atoms with van der Waals surface area (Å²) in [4.78, 5) is 38.3. The van der Waals surface area contributed by atoms with E-state index in [2.05, 4.69) is 5.32 Å². The predicted octanol–water partition coefficient (Wildman–Crippen LogP) is 4.01. The number of benzene rings is 2. The van der Waals surface area contributed by atoms with Crippen molar-refractivity contribution in [3.05, 3.63) is 63.7 Å². The number of aryl methyl sites for hydroxylation is 1. The first-order chi connectivity index (χ1) is 16.3. The van der Waals surface area contributed by atoms with Crippen LogP contribution in [-0.4, -0.2) is 47.9 Å². The number of carbonyl (C=O) groups is 2. The largest absolute Gasteiger partial charge is 0.490 e. The Morgan fingerprint density at radius 1 is 1.18 bits per heavy atom. The molecule has 1 N–H and O–H groups in total. The van der Waals surface area contributed by atoms with E-state index in [1.54, 1.807) is 0 Å². The lowest BCUT2D eigenvalue weighted by molar-refractivity contribution is -0.385. The van der Waals surface area contributed by atoms with Gasteiger partial charge in [0.05, 0.1) is 12.0 Å². The maximum Gasteiger partial charge on any atom is 0.311 e. The minimum Gasteiger partial charge on any atom is -0.490 e. The molecule has 9 heteroatoms. The van der Waals surface area contributed by atoms with E-state index >= 15 is 0 Å². The third-order valence-electron chi connectivity index (χ3n) is 5.53. The summed E-state index contributed by atoms with van der Waals surface area (Å²) in [6, 6.07) is 11.1. The van der Waals surface area contributed by atoms with Crippen molar-refractivity contribution < 1.29 is 24.0 Å². The molecule has 34 heavy (non-hydrogen) atoms. The maximum absolute atomic E-state index is 13.3. The molecule has 0 aliphatic rings. The van der Waals surface area contributed by atoms with Crippen molar-refractivity contribution in [2.75, 3.05) is 20.3 Å². The van der Waals surface area contributed by atoms with E-state index in [1.165, 1.54) is 30.2 Å². The lowest BCUT2D eigenvalue weighted by atomic mass is 10.1. The van der Waals surface area contributed by atoms with Crippen molar-refractivity contribution in [1.82, 2.24) is 10.2 Å². The lowest BCUT2D eigenvalue weighted by Crippen LogP contribution is -2.50. The van der Waals surface area contributed by atoms with Crippen molar-refractivity contribution in [2.45, 2.75) is 52.6 Å². The topological polar surface area (TPSA) is 111 Å². The first kappa shape index (κ1) is 26.6. The number of unbranched alkanes of at least 4 members (excludes halogenated alkanes) is 1. The Bertz CT molecular complexity index is 994. The highest BCUT2D eigenvalue weighted by molar-refractivity contribution is 5.88. The van der Waals surface area contributed by atoms with Crippen LogP contribution in [0.4, 0.5) is 5.69 Å². The fourth-order valence-electron chi connectivity index (χ4n) is 3.52. The van der Waals surface area contributed by atoms with Gasteiger partial charge in [0.25, 0.3) is 5.91 Å². The zero-order valence-electron chi connectivity index (χ0n) is 20.2. The number of hydrogen-bond donors (Lipinski definition) is 1. The molecule has 2 rings (SSSR count). The zero-order valence-corrected chi connectivity index (χ0v) is 20.2. The van der Waals surface area contributed by atoms with Crippen LogP contribution in [0.1, 0.15) is 44.2 Å². The number of nitrogens with one attached hydrogen (secondary N) is 1. The number of nitro groups is 1. The Morgan fingerprint density at radius 3 is 2.53 bits per heavy atom. The number of amides is 2. The third-order valence-corrected chi connectivity index (χ3v) is 5.53. The molecule has 0 bridgehead atoms. The molecule has 0 aliphatic carbocycles. The third kappa shape index (κ3) is 7.19. The van der Waals surface area contributed by atoms with Crippen LogP contribution in [0.15, 0.2) is 42.5 Å². The van der Waals surface area contributed by atoms with Crippen LogP contribution in [0, 0.1) is 17.0 Å². The molecule has 2 amide bonds. The normalized spacial score (nSPS) is 11.4. The molecule has 0 saturated heterocycles. The summed E-state index contributed by atoms with van der Waals surface area (Å²) < 4.78 is 10.7. The number of nitrogens with zero attached hydrogens (tertiary/aromatic N) is 2. The minimum atomic E-state index is -0.654. The van der Waals surface area contributed by atoms with Crippen LogP contribution in [0.5, 0.6) is 11.5 Å². The Morgan fingerprint density at radius 2 is 1.91 bits per heavy atom. The highest BCUT2D eigenvalue weighted by Crippen LogP contribution is 2.30. The van der Waals surface area contributed by atoms with Gasteiger partial charge >= 0.3 is 5.69 Å². The molecule has 2 aromatic carbocycles. The van der Waals surface area contributed by atoms with Crippen molar-refractivity contribution in [3.63, 3.8) is 0 Å². The molecule has 0 heterocycles. The molecule has 0 saturated carbocycles. The first-order valence-corrected chi connectivity index (χ1v) is 11.4. The summed E-state index contributed by atoms with van der Waals surface area (Å²) in [5.74, 6) is -0.270. The molecule has 1 atom stereocenters. The van der Waals surface area contributed by atoms with Crippen LogP contribution >= 0.6 is 0 Å². The van der Waals surface area contributed by atoms with Gasteiger partial charge in [0.2, 0.25) is 11.7 Å². The molecule has 0 radical (unpaired) electrons. The summed E-state index contributed by atoms with van der Waals surface area (Å²) in [6.45, 7) is 6.35. The lowest BCUT2D eigenvalue weighted by Gasteiger charge is -2.31. The molecule has 0 aromatic heterocycles. The van der Waals surface area contributed by atoms with Gasteiger partial charge in [0, 0.05) is 25.2 Å². The summed E-state index contributed by atoms with van der Waals surface area (Å²) in [6.07, 6.45) is 2.26. The van der Waals surface area contributed by atoms with E-state index in [-0.39, 0.29) is 42.2 Å². The highest BCUT2D eigenvalue weighted by Gasteiger charge is 2.29. The van der Waals surface area contributed by atoms with Gasteiger partial charge in [-0.3, -0.25) is 19.7 Å². The monoisotopic (exact) mass is 471 g/mol. The second kappa shape index (κ2) is 13.2. The van der Waals surface area contributed by atoms with E-state index in [9.17, 15) is 19.7 Å². The Labute approximate surface area is 200 Å². The van der Waals surface area contributed by atoms with E-state index in [0.29, 0.717) is 13.0 Å². The molecule has 0 spiro atoms. The zero-order chi connectivity index (χ0) is 25.1. The number of methoxy groups -OCH3 is 1.